The molecule has 0 aliphatic heterocycles. The van der Waals surface area contributed by atoms with Gasteiger partial charge in [-0.1, -0.05) is 0 Å². The molecule has 1 aromatic rings. The summed E-state index contributed by atoms with van der Waals surface area (Å²) in [6, 6.07) is 1.84. The first-order valence-electron chi connectivity index (χ1n) is 4.39. The third-order valence-corrected chi connectivity index (χ3v) is 5.06. The maximum Gasteiger partial charge on any atom is 0.254 e. The van der Waals surface area contributed by atoms with Crippen LogP contribution < -0.4 is 4.90 Å². The fourth-order valence-electron chi connectivity index (χ4n) is 1.22. The third kappa shape index (κ3) is 3.44. The van der Waals surface area contributed by atoms with E-state index in [4.69, 9.17) is 11.6 Å². The van der Waals surface area contributed by atoms with Crippen LogP contribution in [-0.4, -0.2) is 18.2 Å². The largest absolute Gasteiger partial charge is 0.314 e. The van der Waals surface area contributed by atoms with Gasteiger partial charge in [-0.3, -0.25) is 9.59 Å². The Hall–Kier alpha value is 0.840. The maximum absolute atomic E-state index is 11.4. The van der Waals surface area contributed by atoms with Gasteiger partial charge in [-0.05, 0) is 85.4 Å². The smallest absolute Gasteiger partial charge is 0.254 e. The van der Waals surface area contributed by atoms with Crippen LogP contribution in [0.3, 0.4) is 0 Å². The molecule has 0 aliphatic carbocycles. The number of nitrogens with zero attached hydrogens (tertiary/aromatic N) is 1. The number of amides is 1. The van der Waals surface area contributed by atoms with E-state index < -0.39 is 5.24 Å². The van der Waals surface area contributed by atoms with Crippen LogP contribution >= 0.6 is 79.4 Å². The first-order valence-corrected chi connectivity index (χ1v) is 8.00. The lowest BCUT2D eigenvalue weighted by molar-refractivity contribution is -0.116. The van der Waals surface area contributed by atoms with Crippen LogP contribution in [0.1, 0.15) is 17.3 Å². The summed E-state index contributed by atoms with van der Waals surface area (Å²) in [6.45, 7) is 1.48. The monoisotopic (exact) mass is 589 g/mol. The molecule has 0 bridgehead atoms. The van der Waals surface area contributed by atoms with E-state index in [1.165, 1.54) is 11.8 Å². The standard InChI is InChI=1S/C10H7ClI3NO2/c1-4(16)15(2)9-6(13)3-5(12)7(8(9)14)10(11)17/h3H,1-2H3. The summed E-state index contributed by atoms with van der Waals surface area (Å²) in [4.78, 5) is 24.3. The highest BCUT2D eigenvalue weighted by Gasteiger charge is 2.21. The van der Waals surface area contributed by atoms with Crippen molar-refractivity contribution < 1.29 is 9.59 Å². The summed E-state index contributed by atoms with van der Waals surface area (Å²) < 4.78 is 2.41. The molecule has 0 atom stereocenters. The Morgan fingerprint density at radius 1 is 1.24 bits per heavy atom. The molecule has 92 valence electrons. The number of carbonyl (C=O) groups excluding carboxylic acids is 2. The van der Waals surface area contributed by atoms with Gasteiger partial charge in [0.05, 0.1) is 14.8 Å². The van der Waals surface area contributed by atoms with Gasteiger partial charge in [0, 0.05) is 21.1 Å². The Morgan fingerprint density at radius 2 is 1.76 bits per heavy atom. The van der Waals surface area contributed by atoms with Gasteiger partial charge in [-0.2, -0.15) is 0 Å². The zero-order valence-electron chi connectivity index (χ0n) is 8.85. The molecule has 0 N–H and O–H groups in total. The molecule has 1 rings (SSSR count). The van der Waals surface area contributed by atoms with Gasteiger partial charge in [0.1, 0.15) is 0 Å². The van der Waals surface area contributed by atoms with Crippen molar-refractivity contribution in [3.05, 3.63) is 22.3 Å². The second-order valence-corrected chi connectivity index (χ2v) is 6.98. The van der Waals surface area contributed by atoms with Gasteiger partial charge in [-0.15, -0.1) is 0 Å². The van der Waals surface area contributed by atoms with E-state index in [1.54, 1.807) is 7.05 Å². The van der Waals surface area contributed by atoms with Crippen molar-refractivity contribution in [1.82, 2.24) is 0 Å². The van der Waals surface area contributed by atoms with Gasteiger partial charge < -0.3 is 4.90 Å². The van der Waals surface area contributed by atoms with Crippen molar-refractivity contribution in [2.45, 2.75) is 6.92 Å². The first kappa shape index (κ1) is 15.9. The lowest BCUT2D eigenvalue weighted by atomic mass is 10.2. The number of anilines is 1. The van der Waals surface area contributed by atoms with Crippen molar-refractivity contribution >= 4 is 96.2 Å². The number of carbonyl (C=O) groups is 2. The Kier molecular flexibility index (Phi) is 5.92. The molecule has 0 spiro atoms. The summed E-state index contributed by atoms with van der Waals surface area (Å²) in [7, 11) is 1.68. The average Bonchev–Trinajstić information content (AvgIpc) is 2.15. The van der Waals surface area contributed by atoms with Gasteiger partial charge >= 0.3 is 0 Å². The number of hydrogen-bond acceptors (Lipinski definition) is 2. The second-order valence-electron chi connectivity index (χ2n) is 3.23. The van der Waals surface area contributed by atoms with E-state index in [2.05, 4.69) is 45.2 Å². The number of hydrogen-bond donors (Lipinski definition) is 0. The lowest BCUT2D eigenvalue weighted by Crippen LogP contribution is -2.25. The first-order chi connectivity index (χ1) is 7.77. The van der Waals surface area contributed by atoms with Gasteiger partial charge in [0.2, 0.25) is 5.91 Å². The molecular weight excluding hydrogens is 582 g/mol. The molecule has 0 aromatic heterocycles. The Balaban J connectivity index is 3.57. The van der Waals surface area contributed by atoms with Crippen LogP contribution in [0.15, 0.2) is 6.07 Å². The minimum absolute atomic E-state index is 0.0880. The quantitative estimate of drug-likeness (QED) is 0.389. The van der Waals surface area contributed by atoms with E-state index in [-0.39, 0.29) is 5.91 Å². The average molecular weight is 589 g/mol. The molecule has 0 heterocycles. The SMILES string of the molecule is CC(=O)N(C)c1c(I)cc(I)c(C(=O)Cl)c1I. The minimum Gasteiger partial charge on any atom is -0.314 e. The second kappa shape index (κ2) is 6.33. The molecule has 0 unspecified atom stereocenters. The molecule has 7 heteroatoms. The molecule has 0 fully saturated rings. The van der Waals surface area contributed by atoms with Gasteiger partial charge in [0.15, 0.2) is 0 Å². The highest BCUT2D eigenvalue weighted by molar-refractivity contribution is 14.1. The summed E-state index contributed by atoms with van der Waals surface area (Å²) in [5.74, 6) is -0.0880. The molecule has 3 nitrogen and oxygen atoms in total. The van der Waals surface area contributed by atoms with E-state index in [9.17, 15) is 9.59 Å². The van der Waals surface area contributed by atoms with Crippen LogP contribution in [0.4, 0.5) is 5.69 Å². The third-order valence-electron chi connectivity index (χ3n) is 2.15. The van der Waals surface area contributed by atoms with Gasteiger partial charge in [0.25, 0.3) is 5.24 Å². The maximum atomic E-state index is 11.4. The Labute approximate surface area is 145 Å². The molecule has 1 aromatic carbocycles. The van der Waals surface area contributed by atoms with Crippen LogP contribution in [0.5, 0.6) is 0 Å². The van der Waals surface area contributed by atoms with Crippen molar-refractivity contribution in [2.24, 2.45) is 0 Å². The molecule has 0 aliphatic rings. The van der Waals surface area contributed by atoms with Crippen LogP contribution in [0.25, 0.3) is 0 Å². The number of halogens is 4. The highest BCUT2D eigenvalue weighted by Crippen LogP contribution is 2.34. The van der Waals surface area contributed by atoms with Gasteiger partial charge in [-0.25, -0.2) is 0 Å². The van der Waals surface area contributed by atoms with Crippen molar-refractivity contribution in [2.75, 3.05) is 11.9 Å². The van der Waals surface area contributed by atoms with Crippen molar-refractivity contribution in [1.29, 1.82) is 0 Å². The lowest BCUT2D eigenvalue weighted by Gasteiger charge is -2.20. The molecule has 1 amide bonds. The van der Waals surface area contributed by atoms with Crippen LogP contribution in [0, 0.1) is 10.7 Å². The highest BCUT2D eigenvalue weighted by atomic mass is 127. The number of rotatable bonds is 2. The normalized spacial score (nSPS) is 10.2. The molecule has 17 heavy (non-hydrogen) atoms. The van der Waals surface area contributed by atoms with E-state index in [0.29, 0.717) is 9.13 Å². The molecule has 0 saturated carbocycles. The predicted octanol–water partition coefficient (Wildman–Crippen LogP) is 3.86. The summed E-state index contributed by atoms with van der Waals surface area (Å²) in [5.41, 5.74) is 1.18. The van der Waals surface area contributed by atoms with Crippen molar-refractivity contribution in [3.63, 3.8) is 0 Å². The zero-order chi connectivity index (χ0) is 13.3. The fraction of sp³-hybridized carbons (Fsp3) is 0.200. The summed E-state index contributed by atoms with van der Waals surface area (Å²) in [5, 5.41) is -0.506. The zero-order valence-corrected chi connectivity index (χ0v) is 16.1. The molecular formula is C10H7ClI3NO2. The Bertz CT molecular complexity index is 505. The summed E-state index contributed by atoms with van der Waals surface area (Å²) >= 11 is 11.8. The fourth-order valence-corrected chi connectivity index (χ4v) is 6.32. The van der Waals surface area contributed by atoms with Crippen LogP contribution in [0.2, 0.25) is 0 Å². The van der Waals surface area contributed by atoms with E-state index in [1.807, 2.05) is 28.7 Å². The minimum atomic E-state index is -0.506. The van der Waals surface area contributed by atoms with Crippen LogP contribution in [-0.2, 0) is 4.79 Å². The van der Waals surface area contributed by atoms with Crippen molar-refractivity contribution in [3.8, 4) is 0 Å². The topological polar surface area (TPSA) is 37.4 Å². The molecule has 0 radical (unpaired) electrons. The molecule has 0 saturated heterocycles. The van der Waals surface area contributed by atoms with E-state index in [0.717, 1.165) is 12.8 Å². The van der Waals surface area contributed by atoms with E-state index >= 15 is 0 Å². The summed E-state index contributed by atoms with van der Waals surface area (Å²) in [6.07, 6.45) is 0. The number of benzene rings is 1. The Morgan fingerprint density at radius 3 is 2.18 bits per heavy atom. The predicted molar refractivity (Wildman–Crippen MR) is 93.9 cm³/mol.